The highest BCUT2D eigenvalue weighted by molar-refractivity contribution is 5.49. The van der Waals surface area contributed by atoms with Crippen LogP contribution >= 0.6 is 0 Å². The van der Waals surface area contributed by atoms with Gasteiger partial charge in [-0.2, -0.15) is 0 Å². The highest BCUT2D eigenvalue weighted by Crippen LogP contribution is 2.28. The molecule has 2 rings (SSSR count). The lowest BCUT2D eigenvalue weighted by Gasteiger charge is -2.10. The lowest BCUT2D eigenvalue weighted by Crippen LogP contribution is -1.97. The quantitative estimate of drug-likeness (QED) is 0.875. The van der Waals surface area contributed by atoms with Gasteiger partial charge in [-0.15, -0.1) is 0 Å². The minimum absolute atomic E-state index is 0.0137. The van der Waals surface area contributed by atoms with Crippen LogP contribution in [-0.2, 0) is 6.61 Å². The minimum Gasteiger partial charge on any atom is -0.493 e. The van der Waals surface area contributed by atoms with Crippen LogP contribution in [0.5, 0.6) is 11.5 Å². The van der Waals surface area contributed by atoms with E-state index in [1.54, 1.807) is 19.2 Å². The molecule has 0 spiro atoms. The zero-order valence-corrected chi connectivity index (χ0v) is 11.5. The molecule has 0 saturated heterocycles. The van der Waals surface area contributed by atoms with E-state index >= 15 is 0 Å². The number of aliphatic hydroxyl groups is 1. The van der Waals surface area contributed by atoms with Crippen LogP contribution in [0.4, 0.5) is 0 Å². The number of hydrogen-bond donors (Lipinski definition) is 1. The van der Waals surface area contributed by atoms with Crippen molar-refractivity contribution in [3.63, 3.8) is 0 Å². The minimum atomic E-state index is -0.0137. The second-order valence-corrected chi connectivity index (χ2v) is 4.27. The van der Waals surface area contributed by atoms with Crippen LogP contribution in [0.15, 0.2) is 54.6 Å². The van der Waals surface area contributed by atoms with Crippen LogP contribution in [0.25, 0.3) is 6.08 Å². The third kappa shape index (κ3) is 3.87. The Hall–Kier alpha value is -2.26. The van der Waals surface area contributed by atoms with Crippen LogP contribution in [0.2, 0.25) is 0 Å². The van der Waals surface area contributed by atoms with Crippen LogP contribution in [0, 0.1) is 0 Å². The Morgan fingerprint density at radius 1 is 1.05 bits per heavy atom. The first-order valence-electron chi connectivity index (χ1n) is 6.45. The van der Waals surface area contributed by atoms with Crippen molar-refractivity contribution in [3.8, 4) is 11.5 Å². The maximum atomic E-state index is 9.14. The SMILES string of the molecule is COc1ccc(CO)cc1OC/C=C/c1ccccc1. The Bertz CT molecular complexity index is 562. The summed E-state index contributed by atoms with van der Waals surface area (Å²) in [4.78, 5) is 0. The molecule has 0 atom stereocenters. The van der Waals surface area contributed by atoms with E-state index in [1.165, 1.54) is 0 Å². The fourth-order valence-corrected chi connectivity index (χ4v) is 1.82. The van der Waals surface area contributed by atoms with Gasteiger partial charge >= 0.3 is 0 Å². The second-order valence-electron chi connectivity index (χ2n) is 4.27. The maximum Gasteiger partial charge on any atom is 0.161 e. The lowest BCUT2D eigenvalue weighted by molar-refractivity contribution is 0.279. The predicted octanol–water partition coefficient (Wildman–Crippen LogP) is 3.28. The summed E-state index contributed by atoms with van der Waals surface area (Å²) < 4.78 is 10.9. The van der Waals surface area contributed by atoms with Gasteiger partial charge in [-0.3, -0.25) is 0 Å². The Balaban J connectivity index is 1.98. The van der Waals surface area contributed by atoms with Gasteiger partial charge in [0.2, 0.25) is 0 Å². The fourth-order valence-electron chi connectivity index (χ4n) is 1.82. The Labute approximate surface area is 119 Å². The third-order valence-corrected chi connectivity index (χ3v) is 2.86. The molecule has 0 bridgehead atoms. The van der Waals surface area contributed by atoms with E-state index in [4.69, 9.17) is 14.6 Å². The topological polar surface area (TPSA) is 38.7 Å². The summed E-state index contributed by atoms with van der Waals surface area (Å²) in [5.74, 6) is 1.30. The molecule has 0 unspecified atom stereocenters. The Morgan fingerprint density at radius 2 is 1.85 bits per heavy atom. The lowest BCUT2D eigenvalue weighted by atomic mass is 10.2. The number of hydrogen-bond acceptors (Lipinski definition) is 3. The molecule has 1 N–H and O–H groups in total. The smallest absolute Gasteiger partial charge is 0.161 e. The van der Waals surface area contributed by atoms with Crippen LogP contribution in [0.1, 0.15) is 11.1 Å². The van der Waals surface area contributed by atoms with Crippen molar-refractivity contribution in [2.75, 3.05) is 13.7 Å². The van der Waals surface area contributed by atoms with E-state index in [0.29, 0.717) is 18.1 Å². The molecule has 0 radical (unpaired) electrons. The Morgan fingerprint density at radius 3 is 2.55 bits per heavy atom. The number of aliphatic hydroxyl groups excluding tert-OH is 1. The number of ether oxygens (including phenoxy) is 2. The number of rotatable bonds is 6. The first kappa shape index (κ1) is 14.2. The van der Waals surface area contributed by atoms with Gasteiger partial charge in [-0.1, -0.05) is 42.5 Å². The average molecular weight is 270 g/mol. The van der Waals surface area contributed by atoms with Crippen LogP contribution in [-0.4, -0.2) is 18.8 Å². The zero-order valence-electron chi connectivity index (χ0n) is 11.5. The summed E-state index contributed by atoms with van der Waals surface area (Å²) in [6.45, 7) is 0.431. The van der Waals surface area contributed by atoms with Crippen molar-refractivity contribution in [2.45, 2.75) is 6.61 Å². The van der Waals surface area contributed by atoms with Gasteiger partial charge in [-0.05, 0) is 29.3 Å². The molecule has 3 heteroatoms. The fraction of sp³-hybridized carbons (Fsp3) is 0.176. The molecule has 20 heavy (non-hydrogen) atoms. The van der Waals surface area contributed by atoms with Crippen molar-refractivity contribution < 1.29 is 14.6 Å². The van der Waals surface area contributed by atoms with Crippen molar-refractivity contribution in [1.29, 1.82) is 0 Å². The summed E-state index contributed by atoms with van der Waals surface area (Å²) in [7, 11) is 1.60. The molecule has 0 amide bonds. The van der Waals surface area contributed by atoms with Gasteiger partial charge in [0.1, 0.15) is 6.61 Å². The van der Waals surface area contributed by atoms with E-state index in [1.807, 2.05) is 48.6 Å². The molecule has 2 aromatic rings. The molecule has 0 aliphatic carbocycles. The van der Waals surface area contributed by atoms with Gasteiger partial charge < -0.3 is 14.6 Å². The second kappa shape index (κ2) is 7.36. The van der Waals surface area contributed by atoms with E-state index in [9.17, 15) is 0 Å². The molecule has 3 nitrogen and oxygen atoms in total. The first-order chi connectivity index (χ1) is 9.83. The molecule has 0 aliphatic rings. The monoisotopic (exact) mass is 270 g/mol. The zero-order chi connectivity index (χ0) is 14.2. The average Bonchev–Trinajstić information content (AvgIpc) is 2.52. The van der Waals surface area contributed by atoms with Gasteiger partial charge in [0.25, 0.3) is 0 Å². The molecule has 2 aromatic carbocycles. The van der Waals surface area contributed by atoms with Crippen molar-refractivity contribution in [1.82, 2.24) is 0 Å². The van der Waals surface area contributed by atoms with Crippen molar-refractivity contribution in [3.05, 3.63) is 65.7 Å². The van der Waals surface area contributed by atoms with Crippen LogP contribution in [0.3, 0.4) is 0 Å². The molecular weight excluding hydrogens is 252 g/mol. The number of benzene rings is 2. The normalized spacial score (nSPS) is 10.7. The van der Waals surface area contributed by atoms with Gasteiger partial charge in [-0.25, -0.2) is 0 Å². The number of methoxy groups -OCH3 is 1. The maximum absolute atomic E-state index is 9.14. The largest absolute Gasteiger partial charge is 0.493 e. The van der Waals surface area contributed by atoms with E-state index in [2.05, 4.69) is 0 Å². The standard InChI is InChI=1S/C17H18O3/c1-19-16-10-9-15(13-18)12-17(16)20-11-5-8-14-6-3-2-4-7-14/h2-10,12,18H,11,13H2,1H3/b8-5+. The molecule has 0 heterocycles. The van der Waals surface area contributed by atoms with Crippen molar-refractivity contribution >= 4 is 6.08 Å². The summed E-state index contributed by atoms with van der Waals surface area (Å²) >= 11 is 0. The molecule has 104 valence electrons. The van der Waals surface area contributed by atoms with E-state index in [-0.39, 0.29) is 6.61 Å². The molecule has 0 fully saturated rings. The molecule has 0 saturated carbocycles. The molecular formula is C17H18O3. The highest BCUT2D eigenvalue weighted by Gasteiger charge is 2.04. The summed E-state index contributed by atoms with van der Waals surface area (Å²) in [5, 5.41) is 9.14. The predicted molar refractivity (Wildman–Crippen MR) is 79.9 cm³/mol. The van der Waals surface area contributed by atoms with E-state index in [0.717, 1.165) is 11.1 Å². The molecule has 0 aliphatic heterocycles. The van der Waals surface area contributed by atoms with Gasteiger partial charge in [0.05, 0.1) is 13.7 Å². The summed E-state index contributed by atoms with van der Waals surface area (Å²) in [5.41, 5.74) is 1.93. The third-order valence-electron chi connectivity index (χ3n) is 2.86. The highest BCUT2D eigenvalue weighted by atomic mass is 16.5. The van der Waals surface area contributed by atoms with Gasteiger partial charge in [0, 0.05) is 0 Å². The molecule has 0 aromatic heterocycles. The van der Waals surface area contributed by atoms with Gasteiger partial charge in [0.15, 0.2) is 11.5 Å². The van der Waals surface area contributed by atoms with E-state index < -0.39 is 0 Å². The summed E-state index contributed by atoms with van der Waals surface area (Å²) in [6, 6.07) is 15.4. The van der Waals surface area contributed by atoms with Crippen LogP contribution < -0.4 is 9.47 Å². The first-order valence-corrected chi connectivity index (χ1v) is 6.45. The Kier molecular flexibility index (Phi) is 5.21. The van der Waals surface area contributed by atoms with Crippen molar-refractivity contribution in [2.24, 2.45) is 0 Å². The summed E-state index contributed by atoms with van der Waals surface area (Å²) in [6.07, 6.45) is 3.95.